The molecule has 138 valence electrons. The lowest BCUT2D eigenvalue weighted by molar-refractivity contribution is -0.396. The Morgan fingerprint density at radius 1 is 0.750 bits per heavy atom. The molecule has 0 saturated heterocycles. The number of hydrogen-bond acceptors (Lipinski definition) is 6. The average Bonchev–Trinajstić information content (AvgIpc) is 2.35. The highest BCUT2D eigenvalue weighted by Crippen LogP contribution is 2.53. The zero-order valence-electron chi connectivity index (χ0n) is 11.1. The van der Waals surface area contributed by atoms with Crippen LogP contribution in [-0.4, -0.2) is 45.4 Å². The number of rotatable bonds is 6. The Bertz CT molecular complexity index is 573. The van der Waals surface area contributed by atoms with E-state index < -0.39 is 42.9 Å². The molecule has 1 N–H and O–H groups in total. The number of halogens is 9. The molecule has 0 saturated carbocycles. The summed E-state index contributed by atoms with van der Waals surface area (Å²) in [6, 6.07) is 0. The van der Waals surface area contributed by atoms with Crippen LogP contribution >= 0.6 is 25.3 Å². The smallest absolute Gasteiger partial charge is 0.354 e. The molecule has 0 fully saturated rings. The van der Waals surface area contributed by atoms with Crippen LogP contribution in [0.1, 0.15) is 6.42 Å². The molecule has 1 rings (SSSR count). The summed E-state index contributed by atoms with van der Waals surface area (Å²) < 4.78 is 114. The first kappa shape index (κ1) is 20.9. The lowest BCUT2D eigenvalue weighted by Gasteiger charge is -2.33. The van der Waals surface area contributed by atoms with Crippen molar-refractivity contribution in [2.45, 2.75) is 40.7 Å². The third kappa shape index (κ3) is 4.10. The first-order chi connectivity index (χ1) is 10.6. The van der Waals surface area contributed by atoms with Crippen molar-refractivity contribution >= 4 is 31.2 Å². The van der Waals surface area contributed by atoms with Crippen LogP contribution in [0.4, 0.5) is 45.5 Å². The zero-order valence-corrected chi connectivity index (χ0v) is 12.8. The summed E-state index contributed by atoms with van der Waals surface area (Å²) in [6.07, 6.45) is -8.90. The van der Waals surface area contributed by atoms with Gasteiger partial charge in [-0.15, -0.1) is 25.3 Å². The van der Waals surface area contributed by atoms with Crippen molar-refractivity contribution in [3.05, 3.63) is 0 Å². The number of nitrogens with zero attached hydrogens (tertiary/aromatic N) is 3. The molecule has 1 heterocycles. The highest BCUT2D eigenvalue weighted by Gasteiger charge is 2.81. The van der Waals surface area contributed by atoms with Crippen molar-refractivity contribution in [1.29, 1.82) is 0 Å². The van der Waals surface area contributed by atoms with E-state index in [-0.39, 0.29) is 10.3 Å². The van der Waals surface area contributed by atoms with Crippen molar-refractivity contribution in [3.63, 3.8) is 0 Å². The summed E-state index contributed by atoms with van der Waals surface area (Å²) in [6.45, 7) is -1.14. The van der Waals surface area contributed by atoms with E-state index in [0.29, 0.717) is 0 Å². The molecule has 0 bridgehead atoms. The Balaban J connectivity index is 2.85. The number of aromatic nitrogens is 3. The lowest BCUT2D eigenvalue weighted by Crippen LogP contribution is -2.61. The van der Waals surface area contributed by atoms with E-state index in [2.05, 4.69) is 40.2 Å². The van der Waals surface area contributed by atoms with E-state index in [0.717, 1.165) is 0 Å². The van der Waals surface area contributed by atoms with Crippen LogP contribution in [0.5, 0.6) is 0 Å². The van der Waals surface area contributed by atoms with Crippen LogP contribution < -0.4 is 5.32 Å². The van der Waals surface area contributed by atoms with E-state index in [1.165, 1.54) is 0 Å². The molecule has 4 nitrogen and oxygen atoms in total. The molecule has 0 atom stereocenters. The molecule has 24 heavy (non-hydrogen) atoms. The molecular weight excluding hydrogens is 399 g/mol. The van der Waals surface area contributed by atoms with Gasteiger partial charge in [0.25, 0.3) is 0 Å². The van der Waals surface area contributed by atoms with Crippen molar-refractivity contribution in [3.8, 4) is 0 Å². The second-order valence-electron chi connectivity index (χ2n) is 4.29. The van der Waals surface area contributed by atoms with Gasteiger partial charge in [0.2, 0.25) is 5.95 Å². The highest BCUT2D eigenvalue weighted by molar-refractivity contribution is 7.80. The van der Waals surface area contributed by atoms with Gasteiger partial charge in [0.05, 0.1) is 0 Å². The summed E-state index contributed by atoms with van der Waals surface area (Å²) >= 11 is 7.35. The number of nitrogens with one attached hydrogen (secondary N) is 1. The van der Waals surface area contributed by atoms with Gasteiger partial charge in [-0.3, -0.25) is 0 Å². The van der Waals surface area contributed by atoms with Gasteiger partial charge < -0.3 is 5.32 Å². The Morgan fingerprint density at radius 3 is 1.62 bits per heavy atom. The van der Waals surface area contributed by atoms with Crippen LogP contribution in [-0.2, 0) is 0 Å². The zero-order chi connectivity index (χ0) is 19.0. The summed E-state index contributed by atoms with van der Waals surface area (Å²) in [5.41, 5.74) is 0. The quantitative estimate of drug-likeness (QED) is 0.498. The molecule has 0 aliphatic rings. The molecule has 0 aliphatic heterocycles. The van der Waals surface area contributed by atoms with Crippen LogP contribution in [0, 0.1) is 0 Å². The topological polar surface area (TPSA) is 50.7 Å². The van der Waals surface area contributed by atoms with Crippen LogP contribution in [0.2, 0.25) is 0 Å². The summed E-state index contributed by atoms with van der Waals surface area (Å²) in [7, 11) is 0. The maximum atomic E-state index is 13.2. The molecule has 0 unspecified atom stereocenters. The third-order valence-electron chi connectivity index (χ3n) is 2.54. The van der Waals surface area contributed by atoms with Crippen LogP contribution in [0.15, 0.2) is 10.3 Å². The highest BCUT2D eigenvalue weighted by atomic mass is 32.1. The second-order valence-corrected chi connectivity index (χ2v) is 5.09. The molecule has 0 aromatic carbocycles. The van der Waals surface area contributed by atoms with Gasteiger partial charge in [-0.05, 0) is 0 Å². The predicted octanol–water partition coefficient (Wildman–Crippen LogP) is 3.72. The fourth-order valence-electron chi connectivity index (χ4n) is 1.33. The fourth-order valence-corrected chi connectivity index (χ4v) is 1.79. The van der Waals surface area contributed by atoms with Gasteiger partial charge in [0.1, 0.15) is 0 Å². The third-order valence-corrected chi connectivity index (χ3v) is 2.94. The molecule has 15 heteroatoms. The molecule has 0 spiro atoms. The Hall–Kier alpha value is -1.12. The average molecular weight is 406 g/mol. The summed E-state index contributed by atoms with van der Waals surface area (Å²) in [5, 5.41) is 1.50. The van der Waals surface area contributed by atoms with Crippen molar-refractivity contribution in [2.75, 3.05) is 11.9 Å². The predicted molar refractivity (Wildman–Crippen MR) is 68.3 cm³/mol. The first-order valence-corrected chi connectivity index (χ1v) is 6.59. The van der Waals surface area contributed by atoms with Gasteiger partial charge in [-0.2, -0.15) is 54.5 Å². The number of anilines is 1. The first-order valence-electron chi connectivity index (χ1n) is 5.70. The largest absolute Gasteiger partial charge is 0.460 e. The summed E-state index contributed by atoms with van der Waals surface area (Å²) in [4.78, 5) is 10.3. The maximum absolute atomic E-state index is 13.2. The van der Waals surface area contributed by atoms with Gasteiger partial charge in [-0.1, -0.05) is 0 Å². The van der Waals surface area contributed by atoms with Gasteiger partial charge in [0, 0.05) is 13.0 Å². The monoisotopic (exact) mass is 406 g/mol. The SMILES string of the molecule is FC(F)(F)C(F)(F)C(F)(F)C(F)(F)CCNc1nc(S)nc(S)n1. The standard InChI is InChI=1S/C9H7F9N4S2/c10-6(11,7(12,13)8(14,15)9(16,17)18)1-2-19-3-20-4(23)22-5(24)21-3/h1-2H2,(H3,19,20,21,22,23,24). The van der Waals surface area contributed by atoms with E-state index in [1.807, 2.05) is 5.32 Å². The minimum atomic E-state index is -6.91. The van der Waals surface area contributed by atoms with Gasteiger partial charge in [-0.25, -0.2) is 0 Å². The van der Waals surface area contributed by atoms with Gasteiger partial charge in [0.15, 0.2) is 10.3 Å². The second kappa shape index (κ2) is 6.65. The molecule has 0 radical (unpaired) electrons. The van der Waals surface area contributed by atoms with E-state index in [4.69, 9.17) is 0 Å². The van der Waals surface area contributed by atoms with E-state index in [9.17, 15) is 39.5 Å². The Morgan fingerprint density at radius 2 is 1.21 bits per heavy atom. The normalized spacial score (nSPS) is 14.0. The van der Waals surface area contributed by atoms with Crippen molar-refractivity contribution in [2.24, 2.45) is 0 Å². The van der Waals surface area contributed by atoms with Gasteiger partial charge >= 0.3 is 23.9 Å². The van der Waals surface area contributed by atoms with Crippen molar-refractivity contribution < 1.29 is 39.5 Å². The molecule has 0 aliphatic carbocycles. The van der Waals surface area contributed by atoms with Crippen LogP contribution in [0.3, 0.4) is 0 Å². The molecule has 0 amide bonds. The Labute approximate surface area is 139 Å². The van der Waals surface area contributed by atoms with E-state index in [1.54, 1.807) is 0 Å². The van der Waals surface area contributed by atoms with E-state index >= 15 is 0 Å². The fraction of sp³-hybridized carbons (Fsp3) is 0.667. The minimum absolute atomic E-state index is 0.224. The molecule has 1 aromatic heterocycles. The minimum Gasteiger partial charge on any atom is -0.354 e. The number of hydrogen-bond donors (Lipinski definition) is 3. The van der Waals surface area contributed by atoms with Crippen LogP contribution in [0.25, 0.3) is 0 Å². The maximum Gasteiger partial charge on any atom is 0.460 e. The van der Waals surface area contributed by atoms with Crippen molar-refractivity contribution in [1.82, 2.24) is 15.0 Å². The lowest BCUT2D eigenvalue weighted by atomic mass is 10.0. The molecular formula is C9H7F9N4S2. The number of thiol groups is 2. The Kier molecular flexibility index (Phi) is 5.80. The summed E-state index contributed by atoms with van der Waals surface area (Å²) in [5.74, 6) is -19.7. The number of alkyl halides is 9. The molecule has 1 aromatic rings.